The van der Waals surface area contributed by atoms with Gasteiger partial charge < -0.3 is 9.73 Å². The summed E-state index contributed by atoms with van der Waals surface area (Å²) in [6.07, 6.45) is 0. The van der Waals surface area contributed by atoms with Crippen molar-refractivity contribution >= 4 is 44.1 Å². The van der Waals surface area contributed by atoms with Crippen LogP contribution in [0.15, 0.2) is 162 Å². The van der Waals surface area contributed by atoms with Gasteiger partial charge in [0.25, 0.3) is 0 Å². The molecule has 1 N–H and O–H groups in total. The van der Waals surface area contributed by atoms with Crippen LogP contribution in [-0.2, 0) is 0 Å². The molecular formula is C40H27NO. The summed E-state index contributed by atoms with van der Waals surface area (Å²) in [6, 6.07) is 55.8. The van der Waals surface area contributed by atoms with Gasteiger partial charge in [0.2, 0.25) is 0 Å². The second kappa shape index (κ2) is 10.1. The highest BCUT2D eigenvalue weighted by atomic mass is 16.3. The lowest BCUT2D eigenvalue weighted by Gasteiger charge is -2.12. The number of hydrogen-bond acceptors (Lipinski definition) is 2. The van der Waals surface area contributed by atoms with Crippen LogP contribution in [-0.4, -0.2) is 0 Å². The van der Waals surface area contributed by atoms with E-state index in [1.54, 1.807) is 0 Å². The molecule has 198 valence electrons. The van der Waals surface area contributed by atoms with E-state index in [9.17, 15) is 0 Å². The van der Waals surface area contributed by atoms with Crippen LogP contribution in [0.25, 0.3) is 66.1 Å². The minimum absolute atomic E-state index is 0.882. The third kappa shape index (κ3) is 4.49. The largest absolute Gasteiger partial charge is 0.456 e. The summed E-state index contributed by atoms with van der Waals surface area (Å²) < 4.78 is 6.27. The Morgan fingerprint density at radius 1 is 0.333 bits per heavy atom. The summed E-state index contributed by atoms with van der Waals surface area (Å²) >= 11 is 0. The standard InChI is InChI=1S/C40H27NO/c1-3-9-27(10-4-1)32-21-33(28-11-5-2-6-12-28)23-34(22-32)29-15-17-35(18-16-29)41-36-19-20-37-38-24-30-13-7-8-14-31(30)25-39(38)42-40(37)26-36/h1-26,41H. The minimum atomic E-state index is 0.882. The summed E-state index contributed by atoms with van der Waals surface area (Å²) in [5.74, 6) is 0. The van der Waals surface area contributed by atoms with Crippen LogP contribution in [0.4, 0.5) is 11.4 Å². The number of furan rings is 1. The molecule has 7 aromatic carbocycles. The Labute approximate surface area is 244 Å². The van der Waals surface area contributed by atoms with Crippen molar-refractivity contribution in [2.45, 2.75) is 0 Å². The monoisotopic (exact) mass is 537 g/mol. The predicted molar refractivity (Wildman–Crippen MR) is 177 cm³/mol. The van der Waals surface area contributed by atoms with Gasteiger partial charge in [0.15, 0.2) is 0 Å². The summed E-state index contributed by atoms with van der Waals surface area (Å²) in [5, 5.41) is 8.25. The van der Waals surface area contributed by atoms with Crippen LogP contribution >= 0.6 is 0 Å². The Bertz CT molecular complexity index is 2140. The van der Waals surface area contributed by atoms with Crippen LogP contribution in [0.1, 0.15) is 0 Å². The molecule has 2 nitrogen and oxygen atoms in total. The zero-order chi connectivity index (χ0) is 27.9. The van der Waals surface area contributed by atoms with E-state index in [4.69, 9.17) is 4.42 Å². The molecule has 0 aliphatic heterocycles. The first-order valence-electron chi connectivity index (χ1n) is 14.3. The van der Waals surface area contributed by atoms with E-state index < -0.39 is 0 Å². The normalized spacial score (nSPS) is 11.3. The van der Waals surface area contributed by atoms with E-state index >= 15 is 0 Å². The van der Waals surface area contributed by atoms with Crippen molar-refractivity contribution in [2.24, 2.45) is 0 Å². The van der Waals surface area contributed by atoms with Gasteiger partial charge in [-0.1, -0.05) is 97.1 Å². The number of hydrogen-bond donors (Lipinski definition) is 1. The Kier molecular flexibility index (Phi) is 5.82. The zero-order valence-corrected chi connectivity index (χ0v) is 22.9. The molecule has 0 radical (unpaired) electrons. The molecule has 0 amide bonds. The van der Waals surface area contributed by atoms with E-state index in [0.29, 0.717) is 0 Å². The maximum absolute atomic E-state index is 6.27. The third-order valence-electron chi connectivity index (χ3n) is 7.99. The molecule has 2 heteroatoms. The molecule has 0 aliphatic rings. The fraction of sp³-hybridized carbons (Fsp3) is 0. The predicted octanol–water partition coefficient (Wildman–Crippen LogP) is 11.5. The molecule has 42 heavy (non-hydrogen) atoms. The summed E-state index contributed by atoms with van der Waals surface area (Å²) in [6.45, 7) is 0. The summed E-state index contributed by atoms with van der Waals surface area (Å²) in [5.41, 5.74) is 11.0. The van der Waals surface area contributed by atoms with Gasteiger partial charge in [-0.2, -0.15) is 0 Å². The van der Waals surface area contributed by atoms with Gasteiger partial charge in [-0.15, -0.1) is 0 Å². The number of rotatable bonds is 5. The molecule has 8 rings (SSSR count). The lowest BCUT2D eigenvalue weighted by atomic mass is 9.93. The number of benzene rings is 7. The zero-order valence-electron chi connectivity index (χ0n) is 22.9. The van der Waals surface area contributed by atoms with Gasteiger partial charge in [-0.25, -0.2) is 0 Å². The molecule has 8 aromatic rings. The van der Waals surface area contributed by atoms with Crippen LogP contribution in [0.2, 0.25) is 0 Å². The van der Waals surface area contributed by atoms with Crippen molar-refractivity contribution in [1.82, 2.24) is 0 Å². The van der Waals surface area contributed by atoms with E-state index in [1.807, 2.05) is 0 Å². The lowest BCUT2D eigenvalue weighted by molar-refractivity contribution is 0.669. The minimum Gasteiger partial charge on any atom is -0.456 e. The lowest BCUT2D eigenvalue weighted by Crippen LogP contribution is -1.90. The Morgan fingerprint density at radius 2 is 0.833 bits per heavy atom. The quantitative estimate of drug-likeness (QED) is 0.236. The molecule has 0 saturated heterocycles. The molecule has 1 aromatic heterocycles. The van der Waals surface area contributed by atoms with Crippen LogP contribution < -0.4 is 5.32 Å². The maximum Gasteiger partial charge on any atom is 0.137 e. The molecule has 1 heterocycles. The molecule has 0 spiro atoms. The number of anilines is 2. The molecule has 0 fully saturated rings. The fourth-order valence-electron chi connectivity index (χ4n) is 5.84. The number of nitrogens with one attached hydrogen (secondary N) is 1. The molecule has 0 atom stereocenters. The van der Waals surface area contributed by atoms with Gasteiger partial charge in [-0.3, -0.25) is 0 Å². The van der Waals surface area contributed by atoms with Gasteiger partial charge in [0.05, 0.1) is 0 Å². The maximum atomic E-state index is 6.27. The van der Waals surface area contributed by atoms with Crippen LogP contribution in [0, 0.1) is 0 Å². The van der Waals surface area contributed by atoms with Gasteiger partial charge in [0.1, 0.15) is 11.2 Å². The highest BCUT2D eigenvalue weighted by Crippen LogP contribution is 2.36. The SMILES string of the molecule is c1ccc(-c2cc(-c3ccccc3)cc(-c3ccc(Nc4ccc5c(c4)oc4cc6ccccc6cc45)cc3)c2)cc1. The van der Waals surface area contributed by atoms with Crippen LogP contribution in [0.5, 0.6) is 0 Å². The Hall–Kier alpha value is -5.60. The molecule has 0 bridgehead atoms. The van der Waals surface area contributed by atoms with Gasteiger partial charge in [-0.05, 0) is 98.8 Å². The molecule has 0 unspecified atom stereocenters. The second-order valence-electron chi connectivity index (χ2n) is 10.7. The third-order valence-corrected chi connectivity index (χ3v) is 7.99. The first-order chi connectivity index (χ1) is 20.8. The highest BCUT2D eigenvalue weighted by molar-refractivity contribution is 6.10. The fourth-order valence-corrected chi connectivity index (χ4v) is 5.84. The Morgan fingerprint density at radius 3 is 1.45 bits per heavy atom. The van der Waals surface area contributed by atoms with Gasteiger partial charge in [0, 0.05) is 28.2 Å². The van der Waals surface area contributed by atoms with Crippen molar-refractivity contribution in [3.63, 3.8) is 0 Å². The van der Waals surface area contributed by atoms with Crippen molar-refractivity contribution in [3.8, 4) is 33.4 Å². The summed E-state index contributed by atoms with van der Waals surface area (Å²) in [4.78, 5) is 0. The van der Waals surface area contributed by atoms with Crippen molar-refractivity contribution < 1.29 is 4.42 Å². The van der Waals surface area contributed by atoms with Crippen molar-refractivity contribution in [1.29, 1.82) is 0 Å². The molecule has 0 aliphatic carbocycles. The topological polar surface area (TPSA) is 25.2 Å². The second-order valence-corrected chi connectivity index (χ2v) is 10.7. The first kappa shape index (κ1) is 24.2. The van der Waals surface area contributed by atoms with Crippen molar-refractivity contribution in [3.05, 3.63) is 158 Å². The van der Waals surface area contributed by atoms with E-state index in [0.717, 1.165) is 33.3 Å². The Balaban J connectivity index is 1.11. The highest BCUT2D eigenvalue weighted by Gasteiger charge is 2.10. The average molecular weight is 538 g/mol. The van der Waals surface area contributed by atoms with E-state index in [1.165, 1.54) is 44.2 Å². The molecule has 0 saturated carbocycles. The van der Waals surface area contributed by atoms with E-state index in [-0.39, 0.29) is 0 Å². The first-order valence-corrected chi connectivity index (χ1v) is 14.3. The van der Waals surface area contributed by atoms with Crippen LogP contribution in [0.3, 0.4) is 0 Å². The smallest absolute Gasteiger partial charge is 0.137 e. The van der Waals surface area contributed by atoms with E-state index in [2.05, 4.69) is 163 Å². The average Bonchev–Trinajstić information content (AvgIpc) is 3.41. The summed E-state index contributed by atoms with van der Waals surface area (Å²) in [7, 11) is 0. The van der Waals surface area contributed by atoms with Crippen molar-refractivity contribution in [2.75, 3.05) is 5.32 Å². The molecular weight excluding hydrogens is 510 g/mol. The number of fused-ring (bicyclic) bond motifs is 4. The van der Waals surface area contributed by atoms with Gasteiger partial charge >= 0.3 is 0 Å².